The van der Waals surface area contributed by atoms with Crippen LogP contribution in [0.3, 0.4) is 0 Å². The Morgan fingerprint density at radius 1 is 1.33 bits per heavy atom. The molecule has 0 amide bonds. The molecular formula is C14H14N2OS. The third-order valence-electron chi connectivity index (χ3n) is 3.18. The summed E-state index contributed by atoms with van der Waals surface area (Å²) in [5.41, 5.74) is 3.80. The maximum atomic E-state index is 11.8. The second kappa shape index (κ2) is 4.79. The Balaban J connectivity index is 2.41. The average Bonchev–Trinajstić information content (AvgIpc) is 2.58. The molecule has 1 aromatic carbocycles. The van der Waals surface area contributed by atoms with Gasteiger partial charge in [0, 0.05) is 10.6 Å². The number of rotatable bonds is 2. The maximum absolute atomic E-state index is 11.8. The first-order valence-corrected chi connectivity index (χ1v) is 6.51. The molecule has 0 aliphatic heterocycles. The molecule has 0 atom stereocenters. The van der Waals surface area contributed by atoms with E-state index in [1.807, 2.05) is 32.9 Å². The Labute approximate surface area is 110 Å². The van der Waals surface area contributed by atoms with E-state index in [0.717, 1.165) is 21.7 Å². The molecule has 1 aromatic heterocycles. The smallest absolute Gasteiger partial charge is 0.299 e. The molecule has 0 fully saturated rings. The van der Waals surface area contributed by atoms with Gasteiger partial charge >= 0.3 is 4.87 Å². The highest BCUT2D eigenvalue weighted by Crippen LogP contribution is 2.15. The van der Waals surface area contributed by atoms with Gasteiger partial charge in [-0.3, -0.25) is 9.36 Å². The first kappa shape index (κ1) is 12.6. The molecule has 92 valence electrons. The molecule has 18 heavy (non-hydrogen) atoms. The van der Waals surface area contributed by atoms with Crippen molar-refractivity contribution in [3.8, 4) is 6.07 Å². The van der Waals surface area contributed by atoms with E-state index >= 15 is 0 Å². The van der Waals surface area contributed by atoms with Crippen LogP contribution in [0.2, 0.25) is 0 Å². The van der Waals surface area contributed by atoms with Gasteiger partial charge in [0.2, 0.25) is 0 Å². The minimum atomic E-state index is 0.0776. The summed E-state index contributed by atoms with van der Waals surface area (Å²) in [5, 5.41) is 8.83. The number of hydrogen-bond acceptors (Lipinski definition) is 3. The van der Waals surface area contributed by atoms with Gasteiger partial charge in [-0.25, -0.2) is 0 Å². The van der Waals surface area contributed by atoms with Gasteiger partial charge in [0.05, 0.1) is 18.2 Å². The third-order valence-corrected chi connectivity index (χ3v) is 4.17. The largest absolute Gasteiger partial charge is 0.307 e. The van der Waals surface area contributed by atoms with Crippen molar-refractivity contribution in [3.05, 3.63) is 55.1 Å². The molecule has 0 radical (unpaired) electrons. The van der Waals surface area contributed by atoms with Crippen LogP contribution in [0.25, 0.3) is 0 Å². The summed E-state index contributed by atoms with van der Waals surface area (Å²) in [6.07, 6.45) is 0. The fourth-order valence-corrected chi connectivity index (χ4v) is 2.71. The van der Waals surface area contributed by atoms with E-state index in [-0.39, 0.29) is 4.87 Å². The van der Waals surface area contributed by atoms with Crippen molar-refractivity contribution in [2.45, 2.75) is 27.3 Å². The molecule has 0 N–H and O–H groups in total. The summed E-state index contributed by atoms with van der Waals surface area (Å²) >= 11 is 1.28. The molecular weight excluding hydrogens is 244 g/mol. The van der Waals surface area contributed by atoms with Crippen LogP contribution >= 0.6 is 11.3 Å². The van der Waals surface area contributed by atoms with Crippen LogP contribution in [0.5, 0.6) is 0 Å². The van der Waals surface area contributed by atoms with Crippen LogP contribution in [-0.2, 0) is 6.54 Å². The molecule has 1 heterocycles. The number of thiazole rings is 1. The first-order valence-electron chi connectivity index (χ1n) is 5.69. The Morgan fingerprint density at radius 2 is 2.06 bits per heavy atom. The van der Waals surface area contributed by atoms with Crippen molar-refractivity contribution in [1.82, 2.24) is 4.57 Å². The lowest BCUT2D eigenvalue weighted by atomic mass is 10.1. The lowest BCUT2D eigenvalue weighted by molar-refractivity contribution is 0.747. The summed E-state index contributed by atoms with van der Waals surface area (Å²) in [7, 11) is 0. The molecule has 4 heteroatoms. The minimum Gasteiger partial charge on any atom is -0.299 e. The fraction of sp³-hybridized carbons (Fsp3) is 0.286. The highest BCUT2D eigenvalue weighted by molar-refractivity contribution is 7.09. The zero-order valence-electron chi connectivity index (χ0n) is 10.7. The van der Waals surface area contributed by atoms with E-state index in [0.29, 0.717) is 12.1 Å². The van der Waals surface area contributed by atoms with E-state index in [1.54, 1.807) is 10.6 Å². The van der Waals surface area contributed by atoms with Gasteiger partial charge in [-0.2, -0.15) is 5.26 Å². The second-order valence-corrected chi connectivity index (χ2v) is 5.51. The van der Waals surface area contributed by atoms with Gasteiger partial charge in [-0.1, -0.05) is 17.4 Å². The summed E-state index contributed by atoms with van der Waals surface area (Å²) in [6, 6.07) is 7.69. The van der Waals surface area contributed by atoms with Crippen LogP contribution in [0.1, 0.15) is 27.3 Å². The van der Waals surface area contributed by atoms with Crippen LogP contribution < -0.4 is 4.87 Å². The lowest BCUT2D eigenvalue weighted by Gasteiger charge is -2.08. The Morgan fingerprint density at radius 3 is 2.56 bits per heavy atom. The predicted octanol–water partition coefficient (Wildman–Crippen LogP) is 2.76. The zero-order valence-corrected chi connectivity index (χ0v) is 11.5. The van der Waals surface area contributed by atoms with Gasteiger partial charge < -0.3 is 0 Å². The monoisotopic (exact) mass is 258 g/mol. The minimum absolute atomic E-state index is 0.0776. The van der Waals surface area contributed by atoms with Crippen molar-refractivity contribution >= 4 is 11.3 Å². The number of benzene rings is 1. The van der Waals surface area contributed by atoms with Crippen molar-refractivity contribution in [2.24, 2.45) is 0 Å². The molecule has 2 rings (SSSR count). The van der Waals surface area contributed by atoms with Gasteiger partial charge in [0.25, 0.3) is 0 Å². The molecule has 0 aliphatic rings. The van der Waals surface area contributed by atoms with E-state index in [1.165, 1.54) is 11.3 Å². The standard InChI is InChI=1S/C14H14N2OS/c1-9-6-12(7-15)4-5-13(9)8-16-10(2)11(3)18-14(16)17/h4-6H,8H2,1-3H3. The Kier molecular flexibility index (Phi) is 3.35. The summed E-state index contributed by atoms with van der Waals surface area (Å²) < 4.78 is 1.79. The number of hydrogen-bond donors (Lipinski definition) is 0. The van der Waals surface area contributed by atoms with E-state index in [4.69, 9.17) is 5.26 Å². The van der Waals surface area contributed by atoms with Gasteiger partial charge in [-0.05, 0) is 44.0 Å². The quantitative estimate of drug-likeness (QED) is 0.831. The first-order chi connectivity index (χ1) is 8.52. The summed E-state index contributed by atoms with van der Waals surface area (Å²) in [4.78, 5) is 13.0. The summed E-state index contributed by atoms with van der Waals surface area (Å²) in [6.45, 7) is 6.47. The second-order valence-electron chi connectivity index (χ2n) is 4.35. The van der Waals surface area contributed by atoms with Crippen molar-refractivity contribution in [3.63, 3.8) is 0 Å². The summed E-state index contributed by atoms with van der Waals surface area (Å²) in [5.74, 6) is 0. The molecule has 0 aliphatic carbocycles. The molecule has 2 aromatic rings. The molecule has 0 saturated carbocycles. The highest BCUT2D eigenvalue weighted by atomic mass is 32.1. The lowest BCUT2D eigenvalue weighted by Crippen LogP contribution is -2.16. The van der Waals surface area contributed by atoms with Crippen LogP contribution in [0.4, 0.5) is 0 Å². The topological polar surface area (TPSA) is 45.8 Å². The normalized spacial score (nSPS) is 10.3. The van der Waals surface area contributed by atoms with Crippen LogP contribution in [-0.4, -0.2) is 4.57 Å². The van der Waals surface area contributed by atoms with E-state index in [2.05, 4.69) is 6.07 Å². The van der Waals surface area contributed by atoms with Gasteiger partial charge in [0.15, 0.2) is 0 Å². The molecule has 0 unspecified atom stereocenters. The van der Waals surface area contributed by atoms with Crippen molar-refractivity contribution in [1.29, 1.82) is 5.26 Å². The van der Waals surface area contributed by atoms with Crippen LogP contribution in [0.15, 0.2) is 23.0 Å². The number of nitrogens with zero attached hydrogens (tertiary/aromatic N) is 2. The maximum Gasteiger partial charge on any atom is 0.307 e. The third kappa shape index (κ3) is 2.22. The molecule has 0 bridgehead atoms. The Hall–Kier alpha value is -1.86. The SMILES string of the molecule is Cc1cc(C#N)ccc1Cn1c(C)c(C)sc1=O. The number of nitriles is 1. The van der Waals surface area contributed by atoms with Crippen molar-refractivity contribution < 1.29 is 0 Å². The fourth-order valence-electron chi connectivity index (χ4n) is 1.88. The van der Waals surface area contributed by atoms with Gasteiger partial charge in [0.1, 0.15) is 0 Å². The molecule has 3 nitrogen and oxygen atoms in total. The van der Waals surface area contributed by atoms with Crippen LogP contribution in [0, 0.1) is 32.1 Å². The average molecular weight is 258 g/mol. The zero-order chi connectivity index (χ0) is 13.3. The molecule has 0 spiro atoms. The Bertz CT molecular complexity index is 689. The predicted molar refractivity (Wildman–Crippen MR) is 73.0 cm³/mol. The van der Waals surface area contributed by atoms with E-state index < -0.39 is 0 Å². The van der Waals surface area contributed by atoms with E-state index in [9.17, 15) is 4.79 Å². The molecule has 0 saturated heterocycles. The number of aromatic nitrogens is 1. The van der Waals surface area contributed by atoms with Gasteiger partial charge in [-0.15, -0.1) is 0 Å². The highest BCUT2D eigenvalue weighted by Gasteiger charge is 2.09. The van der Waals surface area contributed by atoms with Crippen molar-refractivity contribution in [2.75, 3.05) is 0 Å². The number of aryl methyl sites for hydroxylation is 2.